The van der Waals surface area contributed by atoms with Crippen LogP contribution in [0.3, 0.4) is 0 Å². The van der Waals surface area contributed by atoms with Gasteiger partial charge < -0.3 is 24.8 Å². The summed E-state index contributed by atoms with van der Waals surface area (Å²) in [6, 6.07) is 4.27. The van der Waals surface area contributed by atoms with Gasteiger partial charge in [0.1, 0.15) is 5.75 Å². The van der Waals surface area contributed by atoms with E-state index in [9.17, 15) is 4.79 Å². The second-order valence-corrected chi connectivity index (χ2v) is 6.18. The Kier molecular flexibility index (Phi) is 7.52. The Labute approximate surface area is 150 Å². The third-order valence-electron chi connectivity index (χ3n) is 4.62. The monoisotopic (exact) mass is 350 g/mol. The van der Waals surface area contributed by atoms with Crippen molar-refractivity contribution in [3.05, 3.63) is 28.8 Å². The lowest BCUT2D eigenvalue weighted by atomic mass is 9.89. The van der Waals surface area contributed by atoms with Gasteiger partial charge in [-0.2, -0.15) is 0 Å². The lowest BCUT2D eigenvalue weighted by molar-refractivity contribution is 0.0854. The maximum absolute atomic E-state index is 12.2. The van der Waals surface area contributed by atoms with Crippen molar-refractivity contribution in [2.75, 3.05) is 33.4 Å². The molecule has 0 saturated carbocycles. The Bertz CT molecular complexity index is 577. The van der Waals surface area contributed by atoms with E-state index < -0.39 is 0 Å². The largest absolute Gasteiger partial charge is 0.496 e. The number of carbonyl (C=O) groups is 1. The second kappa shape index (κ2) is 9.63. The third kappa shape index (κ3) is 4.64. The molecule has 140 valence electrons. The van der Waals surface area contributed by atoms with Gasteiger partial charge in [0.15, 0.2) is 0 Å². The molecule has 1 aliphatic heterocycles. The Morgan fingerprint density at radius 3 is 2.84 bits per heavy atom. The molecule has 1 unspecified atom stereocenters. The molecule has 2 rings (SSSR count). The molecule has 1 aromatic rings. The maximum atomic E-state index is 12.2. The number of fused-ring (bicyclic) bond motifs is 1. The minimum Gasteiger partial charge on any atom is -0.496 e. The molecule has 1 heterocycles. The van der Waals surface area contributed by atoms with Gasteiger partial charge in [-0.1, -0.05) is 13.0 Å². The topological polar surface area (TPSA) is 71.0 Å². The Morgan fingerprint density at radius 1 is 1.40 bits per heavy atom. The summed E-state index contributed by atoms with van der Waals surface area (Å²) in [5.74, 6) is 0.833. The average Bonchev–Trinajstić information content (AvgIpc) is 2.63. The van der Waals surface area contributed by atoms with Crippen LogP contribution in [-0.2, 0) is 17.7 Å². The smallest absolute Gasteiger partial charge is 0.410 e. The standard InChI is InChI=1S/C19H30N2O4/c1-4-17-16-12-18(24-3)15(13-20-8-6-10-22)11-14(16)7-9-21(17)19(23)25-5-2/h11-12,17,20,22H,4-10,13H2,1-3H3. The number of hydrogen-bond acceptors (Lipinski definition) is 5. The van der Waals surface area contributed by atoms with Gasteiger partial charge in [0.05, 0.1) is 19.8 Å². The molecule has 0 saturated heterocycles. The van der Waals surface area contributed by atoms with Crippen LogP contribution in [0, 0.1) is 0 Å². The SMILES string of the molecule is CCOC(=O)N1CCc2cc(CNCCCO)c(OC)cc2C1CC. The first-order valence-corrected chi connectivity index (χ1v) is 9.10. The van der Waals surface area contributed by atoms with Crippen molar-refractivity contribution in [3.63, 3.8) is 0 Å². The number of carbonyl (C=O) groups excluding carboxylic acids is 1. The van der Waals surface area contributed by atoms with E-state index in [2.05, 4.69) is 24.4 Å². The van der Waals surface area contributed by atoms with Gasteiger partial charge in [-0.3, -0.25) is 0 Å². The highest BCUT2D eigenvalue weighted by molar-refractivity contribution is 5.69. The van der Waals surface area contributed by atoms with Crippen LogP contribution in [0.25, 0.3) is 0 Å². The molecule has 0 aromatic heterocycles. The Morgan fingerprint density at radius 2 is 2.20 bits per heavy atom. The zero-order valence-corrected chi connectivity index (χ0v) is 15.5. The van der Waals surface area contributed by atoms with Crippen LogP contribution in [0.5, 0.6) is 5.75 Å². The molecule has 2 N–H and O–H groups in total. The minimum absolute atomic E-state index is 0.0214. The van der Waals surface area contributed by atoms with E-state index in [1.165, 1.54) is 5.56 Å². The first-order chi connectivity index (χ1) is 12.2. The van der Waals surface area contributed by atoms with Gasteiger partial charge in [0.2, 0.25) is 0 Å². The van der Waals surface area contributed by atoms with Crippen molar-refractivity contribution in [2.24, 2.45) is 0 Å². The van der Waals surface area contributed by atoms with Crippen molar-refractivity contribution in [1.82, 2.24) is 10.2 Å². The number of hydrogen-bond donors (Lipinski definition) is 2. The van der Waals surface area contributed by atoms with E-state index in [0.29, 0.717) is 19.7 Å². The molecule has 25 heavy (non-hydrogen) atoms. The Hall–Kier alpha value is -1.79. The number of nitrogens with zero attached hydrogens (tertiary/aromatic N) is 1. The normalized spacial score (nSPS) is 16.5. The predicted molar refractivity (Wildman–Crippen MR) is 96.9 cm³/mol. The van der Waals surface area contributed by atoms with Crippen LogP contribution in [0.4, 0.5) is 4.79 Å². The fraction of sp³-hybridized carbons (Fsp3) is 0.632. The van der Waals surface area contributed by atoms with Crippen molar-refractivity contribution in [1.29, 1.82) is 0 Å². The molecule has 1 atom stereocenters. The number of benzene rings is 1. The minimum atomic E-state index is -0.242. The van der Waals surface area contributed by atoms with Crippen molar-refractivity contribution < 1.29 is 19.4 Å². The van der Waals surface area contributed by atoms with Crippen molar-refractivity contribution in [3.8, 4) is 5.75 Å². The summed E-state index contributed by atoms with van der Waals surface area (Å²) in [6.07, 6.45) is 2.15. The van der Waals surface area contributed by atoms with Gasteiger partial charge in [-0.25, -0.2) is 4.79 Å². The van der Waals surface area contributed by atoms with Crippen LogP contribution >= 0.6 is 0 Å². The van der Waals surface area contributed by atoms with Crippen LogP contribution in [0.1, 0.15) is 49.4 Å². The molecular formula is C19H30N2O4. The van der Waals surface area contributed by atoms with E-state index in [1.54, 1.807) is 7.11 Å². The summed E-state index contributed by atoms with van der Waals surface area (Å²) >= 11 is 0. The van der Waals surface area contributed by atoms with Gasteiger partial charge in [0.25, 0.3) is 0 Å². The summed E-state index contributed by atoms with van der Waals surface area (Å²) < 4.78 is 10.8. The highest BCUT2D eigenvalue weighted by Crippen LogP contribution is 2.36. The average molecular weight is 350 g/mol. The van der Waals surface area contributed by atoms with Crippen molar-refractivity contribution in [2.45, 2.75) is 45.7 Å². The van der Waals surface area contributed by atoms with Gasteiger partial charge >= 0.3 is 6.09 Å². The summed E-state index contributed by atoms with van der Waals surface area (Å²) in [6.45, 7) is 6.64. The number of ether oxygens (including phenoxy) is 2. The van der Waals surface area contributed by atoms with Crippen LogP contribution in [0.2, 0.25) is 0 Å². The molecule has 1 aliphatic rings. The number of aliphatic hydroxyl groups is 1. The molecule has 0 aliphatic carbocycles. The molecule has 1 amide bonds. The van der Waals surface area contributed by atoms with Crippen LogP contribution < -0.4 is 10.1 Å². The van der Waals surface area contributed by atoms with E-state index in [4.69, 9.17) is 14.6 Å². The van der Waals surface area contributed by atoms with E-state index in [1.807, 2.05) is 11.8 Å². The lowest BCUT2D eigenvalue weighted by Gasteiger charge is -2.36. The highest BCUT2D eigenvalue weighted by Gasteiger charge is 2.31. The summed E-state index contributed by atoms with van der Waals surface area (Å²) in [5, 5.41) is 12.2. The lowest BCUT2D eigenvalue weighted by Crippen LogP contribution is -2.40. The molecule has 6 nitrogen and oxygen atoms in total. The number of amides is 1. The second-order valence-electron chi connectivity index (χ2n) is 6.18. The summed E-state index contributed by atoms with van der Waals surface area (Å²) in [5.41, 5.74) is 3.53. The maximum Gasteiger partial charge on any atom is 0.410 e. The molecule has 0 fully saturated rings. The molecular weight excluding hydrogens is 320 g/mol. The van der Waals surface area contributed by atoms with Gasteiger partial charge in [-0.15, -0.1) is 0 Å². The molecule has 1 aromatic carbocycles. The summed E-state index contributed by atoms with van der Waals surface area (Å²) in [7, 11) is 1.67. The fourth-order valence-electron chi connectivity index (χ4n) is 3.40. The molecule has 0 bridgehead atoms. The third-order valence-corrected chi connectivity index (χ3v) is 4.62. The summed E-state index contributed by atoms with van der Waals surface area (Å²) in [4.78, 5) is 14.1. The van der Waals surface area contributed by atoms with E-state index in [-0.39, 0.29) is 18.7 Å². The molecule has 0 spiro atoms. The quantitative estimate of drug-likeness (QED) is 0.705. The molecule has 6 heteroatoms. The van der Waals surface area contributed by atoms with Crippen molar-refractivity contribution >= 4 is 6.09 Å². The van der Waals surface area contributed by atoms with Crippen LogP contribution in [0.15, 0.2) is 12.1 Å². The zero-order valence-electron chi connectivity index (χ0n) is 15.5. The number of aliphatic hydroxyl groups excluding tert-OH is 1. The number of methoxy groups -OCH3 is 1. The van der Waals surface area contributed by atoms with Crippen LogP contribution in [-0.4, -0.2) is 49.5 Å². The Balaban J connectivity index is 2.23. The number of nitrogens with one attached hydrogen (secondary N) is 1. The fourth-order valence-corrected chi connectivity index (χ4v) is 3.40. The van der Waals surface area contributed by atoms with E-state index >= 15 is 0 Å². The first-order valence-electron chi connectivity index (χ1n) is 9.10. The first kappa shape index (κ1) is 19.5. The predicted octanol–water partition coefficient (Wildman–Crippen LogP) is 2.63. The molecule has 0 radical (unpaired) electrons. The van der Waals surface area contributed by atoms with E-state index in [0.717, 1.165) is 42.7 Å². The number of rotatable bonds is 8. The zero-order chi connectivity index (χ0) is 18.2. The van der Waals surface area contributed by atoms with Gasteiger partial charge in [-0.05, 0) is 49.9 Å². The van der Waals surface area contributed by atoms with Gasteiger partial charge in [0, 0.05) is 25.3 Å². The highest BCUT2D eigenvalue weighted by atomic mass is 16.6.